The molecule has 6 heteroatoms. The van der Waals surface area contributed by atoms with Crippen molar-refractivity contribution in [3.05, 3.63) is 94.5 Å². The molecular formula is C27H28N2O4. The van der Waals surface area contributed by atoms with Crippen LogP contribution in [0.1, 0.15) is 49.9 Å². The number of methoxy groups -OCH3 is 2. The molecule has 1 aliphatic carbocycles. The van der Waals surface area contributed by atoms with Crippen LogP contribution in [0, 0.1) is 0 Å². The molecule has 5 rings (SSSR count). The molecule has 0 radical (unpaired) electrons. The van der Waals surface area contributed by atoms with E-state index in [1.807, 2.05) is 12.1 Å². The minimum Gasteiger partial charge on any atom is -0.497 e. The van der Waals surface area contributed by atoms with Crippen LogP contribution in [0.5, 0.6) is 11.5 Å². The summed E-state index contributed by atoms with van der Waals surface area (Å²) in [7, 11) is 4.86. The Hall–Kier alpha value is -3.64. The Kier molecular flexibility index (Phi) is 6.75. The molecule has 2 amide bonds. The van der Waals surface area contributed by atoms with Crippen molar-refractivity contribution in [2.45, 2.75) is 25.4 Å². The van der Waals surface area contributed by atoms with E-state index in [1.54, 1.807) is 38.5 Å². The molecule has 0 saturated carbocycles. The zero-order valence-electron chi connectivity index (χ0n) is 19.1. The number of benzene rings is 3. The number of nitrogens with one attached hydrogen (secondary N) is 1. The standard InChI is InChI=1S/C18H21NO2.C9H7NO2/c1-20-15-9-7-14(18(11-15)21-2)12-19-17-10-8-13-5-3-4-6-16(13)17;1-10-8(11)6-4-2-3-5-7(6)9(10)12/h3-7,9,11,17,19H,8,10,12H2,1-2H3;2-5H,1H3. The summed E-state index contributed by atoms with van der Waals surface area (Å²) in [4.78, 5) is 23.8. The summed E-state index contributed by atoms with van der Waals surface area (Å²) >= 11 is 0. The monoisotopic (exact) mass is 444 g/mol. The second kappa shape index (κ2) is 9.88. The highest BCUT2D eigenvalue weighted by molar-refractivity contribution is 6.21. The van der Waals surface area contributed by atoms with E-state index in [4.69, 9.17) is 9.47 Å². The van der Waals surface area contributed by atoms with Crippen molar-refractivity contribution in [3.63, 3.8) is 0 Å². The number of imide groups is 1. The molecular weight excluding hydrogens is 416 g/mol. The number of ether oxygens (including phenoxy) is 2. The number of fused-ring (bicyclic) bond motifs is 2. The molecule has 3 aromatic rings. The maximum absolute atomic E-state index is 11.3. The van der Waals surface area contributed by atoms with Crippen molar-refractivity contribution in [1.29, 1.82) is 0 Å². The Morgan fingerprint density at radius 2 is 1.58 bits per heavy atom. The highest BCUT2D eigenvalue weighted by atomic mass is 16.5. The first kappa shape index (κ1) is 22.6. The Labute approximate surface area is 194 Å². The largest absolute Gasteiger partial charge is 0.497 e. The highest BCUT2D eigenvalue weighted by Gasteiger charge is 2.31. The van der Waals surface area contributed by atoms with Crippen molar-refractivity contribution in [3.8, 4) is 11.5 Å². The van der Waals surface area contributed by atoms with Gasteiger partial charge in [-0.2, -0.15) is 0 Å². The van der Waals surface area contributed by atoms with Crippen molar-refractivity contribution in [1.82, 2.24) is 10.2 Å². The molecule has 0 fully saturated rings. The smallest absolute Gasteiger partial charge is 0.261 e. The fourth-order valence-electron chi connectivity index (χ4n) is 4.31. The first-order chi connectivity index (χ1) is 16.0. The Morgan fingerprint density at radius 3 is 2.24 bits per heavy atom. The van der Waals surface area contributed by atoms with Gasteiger partial charge in [0, 0.05) is 31.3 Å². The number of amides is 2. The minimum atomic E-state index is -0.212. The predicted molar refractivity (Wildman–Crippen MR) is 127 cm³/mol. The number of aryl methyl sites for hydroxylation is 1. The van der Waals surface area contributed by atoms with Crippen LogP contribution < -0.4 is 14.8 Å². The van der Waals surface area contributed by atoms with Gasteiger partial charge < -0.3 is 14.8 Å². The fourth-order valence-corrected chi connectivity index (χ4v) is 4.31. The van der Waals surface area contributed by atoms with E-state index >= 15 is 0 Å². The summed E-state index contributed by atoms with van der Waals surface area (Å²) in [6.45, 7) is 0.798. The van der Waals surface area contributed by atoms with Crippen LogP contribution in [-0.2, 0) is 13.0 Å². The van der Waals surface area contributed by atoms with Gasteiger partial charge in [-0.05, 0) is 42.2 Å². The molecule has 33 heavy (non-hydrogen) atoms. The summed E-state index contributed by atoms with van der Waals surface area (Å²) in [5, 5.41) is 3.65. The van der Waals surface area contributed by atoms with E-state index in [0.717, 1.165) is 41.3 Å². The molecule has 1 unspecified atom stereocenters. The van der Waals surface area contributed by atoms with E-state index < -0.39 is 0 Å². The van der Waals surface area contributed by atoms with Crippen LogP contribution in [0.2, 0.25) is 0 Å². The third-order valence-corrected chi connectivity index (χ3v) is 6.16. The first-order valence-electron chi connectivity index (χ1n) is 11.0. The van der Waals surface area contributed by atoms with Crippen LogP contribution in [0.15, 0.2) is 66.7 Å². The summed E-state index contributed by atoms with van der Waals surface area (Å²) in [5.41, 5.74) is 5.07. The molecule has 1 aliphatic heterocycles. The van der Waals surface area contributed by atoms with Crippen LogP contribution in [0.3, 0.4) is 0 Å². The van der Waals surface area contributed by atoms with E-state index in [9.17, 15) is 9.59 Å². The van der Waals surface area contributed by atoms with Gasteiger partial charge in [0.25, 0.3) is 11.8 Å². The van der Waals surface area contributed by atoms with Crippen molar-refractivity contribution < 1.29 is 19.1 Å². The summed E-state index contributed by atoms with van der Waals surface area (Å²) in [6.07, 6.45) is 2.32. The Balaban J connectivity index is 0.000000183. The van der Waals surface area contributed by atoms with Crippen LogP contribution >= 0.6 is 0 Å². The maximum atomic E-state index is 11.3. The molecule has 1 heterocycles. The third kappa shape index (κ3) is 4.61. The maximum Gasteiger partial charge on any atom is 0.261 e. The second-order valence-electron chi connectivity index (χ2n) is 8.06. The molecule has 170 valence electrons. The molecule has 0 saturated heterocycles. The number of carbonyl (C=O) groups is 2. The lowest BCUT2D eigenvalue weighted by molar-refractivity contribution is 0.0693. The zero-order valence-corrected chi connectivity index (χ0v) is 19.1. The van der Waals surface area contributed by atoms with E-state index in [2.05, 4.69) is 35.6 Å². The third-order valence-electron chi connectivity index (χ3n) is 6.16. The molecule has 0 aromatic heterocycles. The van der Waals surface area contributed by atoms with Crippen LogP contribution in [0.25, 0.3) is 0 Å². The van der Waals surface area contributed by atoms with Gasteiger partial charge in [-0.25, -0.2) is 0 Å². The van der Waals surface area contributed by atoms with E-state index in [1.165, 1.54) is 18.2 Å². The average Bonchev–Trinajstić information content (AvgIpc) is 3.38. The summed E-state index contributed by atoms with van der Waals surface area (Å²) in [6, 6.07) is 21.9. The molecule has 0 spiro atoms. The topological polar surface area (TPSA) is 67.9 Å². The number of carbonyl (C=O) groups excluding carboxylic acids is 2. The van der Waals surface area contributed by atoms with E-state index in [-0.39, 0.29) is 11.8 Å². The van der Waals surface area contributed by atoms with E-state index in [0.29, 0.717) is 17.2 Å². The number of rotatable bonds is 5. The average molecular weight is 445 g/mol. The van der Waals surface area contributed by atoms with Gasteiger partial charge >= 0.3 is 0 Å². The number of hydrogen-bond donors (Lipinski definition) is 1. The summed E-state index contributed by atoms with van der Waals surface area (Å²) < 4.78 is 10.7. The molecule has 1 atom stereocenters. The second-order valence-corrected chi connectivity index (χ2v) is 8.06. The van der Waals surface area contributed by atoms with Gasteiger partial charge in [-0.1, -0.05) is 42.5 Å². The highest BCUT2D eigenvalue weighted by Crippen LogP contribution is 2.32. The van der Waals surface area contributed by atoms with Crippen molar-refractivity contribution in [2.75, 3.05) is 21.3 Å². The van der Waals surface area contributed by atoms with Crippen LogP contribution in [0.4, 0.5) is 0 Å². The Morgan fingerprint density at radius 1 is 0.909 bits per heavy atom. The van der Waals surface area contributed by atoms with Crippen LogP contribution in [-0.4, -0.2) is 38.0 Å². The zero-order chi connectivity index (χ0) is 23.4. The van der Waals surface area contributed by atoms with Gasteiger partial charge in [0.05, 0.1) is 25.3 Å². The molecule has 3 aromatic carbocycles. The van der Waals surface area contributed by atoms with Gasteiger partial charge in [-0.3, -0.25) is 14.5 Å². The molecule has 6 nitrogen and oxygen atoms in total. The van der Waals surface area contributed by atoms with Crippen molar-refractivity contribution >= 4 is 11.8 Å². The Bertz CT molecular complexity index is 1140. The fraction of sp³-hybridized carbons (Fsp3) is 0.259. The van der Waals surface area contributed by atoms with Gasteiger partial charge in [0.2, 0.25) is 0 Å². The lowest BCUT2D eigenvalue weighted by Crippen LogP contribution is -2.24. The SMILES string of the molecule is CN1C(=O)c2ccccc2C1=O.COc1ccc(CNC2CCc3ccccc32)c(OC)c1. The lowest BCUT2D eigenvalue weighted by atomic mass is 10.1. The lowest BCUT2D eigenvalue weighted by Gasteiger charge is -2.16. The molecule has 2 aliphatic rings. The molecule has 0 bridgehead atoms. The predicted octanol–water partition coefficient (Wildman–Crippen LogP) is 4.39. The number of hydrogen-bond acceptors (Lipinski definition) is 5. The number of nitrogens with zero attached hydrogens (tertiary/aromatic N) is 1. The quantitative estimate of drug-likeness (QED) is 0.591. The molecule has 1 N–H and O–H groups in total. The van der Waals surface area contributed by atoms with Gasteiger partial charge in [0.15, 0.2) is 0 Å². The summed E-state index contributed by atoms with van der Waals surface area (Å²) in [5.74, 6) is 1.26. The van der Waals surface area contributed by atoms with Gasteiger partial charge in [0.1, 0.15) is 11.5 Å². The van der Waals surface area contributed by atoms with Crippen molar-refractivity contribution in [2.24, 2.45) is 0 Å². The normalized spacial score (nSPS) is 16.1. The van der Waals surface area contributed by atoms with Gasteiger partial charge in [-0.15, -0.1) is 0 Å². The minimum absolute atomic E-state index is 0.212. The first-order valence-corrected chi connectivity index (χ1v) is 11.0.